The lowest BCUT2D eigenvalue weighted by Crippen LogP contribution is -2.34. The smallest absolute Gasteiger partial charge is 0.251 e. The van der Waals surface area contributed by atoms with Crippen molar-refractivity contribution >= 4 is 21.8 Å². The van der Waals surface area contributed by atoms with Crippen LogP contribution < -0.4 is 15.4 Å². The van der Waals surface area contributed by atoms with Crippen molar-refractivity contribution in [3.63, 3.8) is 0 Å². The Morgan fingerprint density at radius 1 is 1.16 bits per heavy atom. The zero-order valence-corrected chi connectivity index (χ0v) is 24.0. The minimum atomic E-state index is -0.0444. The third kappa shape index (κ3) is 7.14. The van der Waals surface area contributed by atoms with Gasteiger partial charge < -0.3 is 15.4 Å². The number of benzene rings is 2. The summed E-state index contributed by atoms with van der Waals surface area (Å²) >= 11 is 3.70. The van der Waals surface area contributed by atoms with E-state index in [2.05, 4.69) is 69.6 Å². The first-order chi connectivity index (χ1) is 17.8. The molecule has 2 heterocycles. The van der Waals surface area contributed by atoms with Crippen LogP contribution in [0.5, 0.6) is 5.75 Å². The number of hydrogen-bond donors (Lipinski definition) is 2. The first-order valence-electron chi connectivity index (χ1n) is 13.1. The average molecular weight is 565 g/mol. The van der Waals surface area contributed by atoms with Gasteiger partial charge in [0.05, 0.1) is 7.11 Å². The second-order valence-electron chi connectivity index (χ2n) is 10.1. The predicted octanol–water partition coefficient (Wildman–Crippen LogP) is 6.22. The van der Waals surface area contributed by atoms with Crippen LogP contribution in [0.4, 0.5) is 0 Å². The van der Waals surface area contributed by atoms with E-state index in [9.17, 15) is 4.79 Å². The minimum Gasteiger partial charge on any atom is -0.496 e. The quantitative estimate of drug-likeness (QED) is 0.400. The molecule has 196 valence electrons. The molecule has 2 aromatic rings. The SMILES string of the molecule is COc1ccc(CNC(=O)c2ccc(C3CCN(C/C(C)=C/C4=C(C)NCC=C4Br)CC3)cc2)cc1C. The second-order valence-corrected chi connectivity index (χ2v) is 11.0. The Labute approximate surface area is 229 Å². The van der Waals surface area contributed by atoms with Crippen molar-refractivity contribution in [2.24, 2.45) is 0 Å². The largest absolute Gasteiger partial charge is 0.496 e. The summed E-state index contributed by atoms with van der Waals surface area (Å²) in [6.07, 6.45) is 6.76. The highest BCUT2D eigenvalue weighted by atomic mass is 79.9. The Balaban J connectivity index is 1.26. The minimum absolute atomic E-state index is 0.0444. The van der Waals surface area contributed by atoms with Crippen LogP contribution in [0.25, 0.3) is 0 Å². The van der Waals surface area contributed by atoms with Gasteiger partial charge >= 0.3 is 0 Å². The number of amides is 1. The number of methoxy groups -OCH3 is 1. The molecule has 4 rings (SSSR count). The molecule has 1 amide bonds. The molecule has 2 N–H and O–H groups in total. The molecule has 0 bridgehead atoms. The molecular formula is C31H38BrN3O2. The highest BCUT2D eigenvalue weighted by Gasteiger charge is 2.21. The molecular weight excluding hydrogens is 526 g/mol. The van der Waals surface area contributed by atoms with Crippen molar-refractivity contribution < 1.29 is 9.53 Å². The molecule has 0 saturated carbocycles. The van der Waals surface area contributed by atoms with Crippen LogP contribution in [0, 0.1) is 6.92 Å². The fourth-order valence-corrected chi connectivity index (χ4v) is 5.74. The van der Waals surface area contributed by atoms with E-state index in [1.807, 2.05) is 37.3 Å². The number of halogens is 1. The molecule has 6 heteroatoms. The summed E-state index contributed by atoms with van der Waals surface area (Å²) in [7, 11) is 1.67. The number of piperidine rings is 1. The lowest BCUT2D eigenvalue weighted by molar-refractivity contribution is 0.0951. The van der Waals surface area contributed by atoms with Crippen molar-refractivity contribution in [3.05, 3.63) is 98.2 Å². The summed E-state index contributed by atoms with van der Waals surface area (Å²) in [4.78, 5) is 15.2. The van der Waals surface area contributed by atoms with Crippen LogP contribution in [-0.2, 0) is 6.54 Å². The summed E-state index contributed by atoms with van der Waals surface area (Å²) in [6.45, 7) is 10.9. The summed E-state index contributed by atoms with van der Waals surface area (Å²) in [5.41, 5.74) is 8.01. The van der Waals surface area contributed by atoms with Crippen LogP contribution in [0.2, 0.25) is 0 Å². The van der Waals surface area contributed by atoms with Crippen molar-refractivity contribution in [1.82, 2.24) is 15.5 Å². The second kappa shape index (κ2) is 12.6. The van der Waals surface area contributed by atoms with Crippen LogP contribution in [0.15, 0.2) is 75.9 Å². The van der Waals surface area contributed by atoms with E-state index in [-0.39, 0.29) is 5.91 Å². The van der Waals surface area contributed by atoms with Crippen molar-refractivity contribution in [2.45, 2.75) is 46.1 Å². The highest BCUT2D eigenvalue weighted by Crippen LogP contribution is 2.29. The topological polar surface area (TPSA) is 53.6 Å². The Hall–Kier alpha value is -2.83. The van der Waals surface area contributed by atoms with Gasteiger partial charge in [0.25, 0.3) is 5.91 Å². The number of ether oxygens (including phenoxy) is 1. The van der Waals surface area contributed by atoms with Gasteiger partial charge in [-0.25, -0.2) is 0 Å². The third-order valence-electron chi connectivity index (χ3n) is 7.32. The zero-order valence-electron chi connectivity index (χ0n) is 22.4. The van der Waals surface area contributed by atoms with E-state index in [0.29, 0.717) is 18.0 Å². The summed E-state index contributed by atoms with van der Waals surface area (Å²) in [5.74, 6) is 1.36. The molecule has 5 nitrogen and oxygen atoms in total. The van der Waals surface area contributed by atoms with E-state index in [4.69, 9.17) is 4.74 Å². The number of nitrogens with zero attached hydrogens (tertiary/aromatic N) is 1. The van der Waals surface area contributed by atoms with Crippen molar-refractivity contribution in [1.29, 1.82) is 0 Å². The monoisotopic (exact) mass is 563 g/mol. The third-order valence-corrected chi connectivity index (χ3v) is 8.07. The number of aryl methyl sites for hydroxylation is 1. The van der Waals surface area contributed by atoms with Gasteiger partial charge in [-0.15, -0.1) is 0 Å². The van der Waals surface area contributed by atoms with Crippen LogP contribution in [-0.4, -0.2) is 44.1 Å². The van der Waals surface area contributed by atoms with E-state index in [0.717, 1.165) is 55.9 Å². The Kier molecular flexibility index (Phi) is 9.28. The fraction of sp³-hybridized carbons (Fsp3) is 0.387. The first kappa shape index (κ1) is 27.2. The molecule has 0 aromatic heterocycles. The summed E-state index contributed by atoms with van der Waals surface area (Å²) < 4.78 is 6.49. The van der Waals surface area contributed by atoms with Gasteiger partial charge in [-0.05, 0) is 87.5 Å². The molecule has 37 heavy (non-hydrogen) atoms. The van der Waals surface area contributed by atoms with Crippen molar-refractivity contribution in [3.8, 4) is 5.75 Å². The maximum Gasteiger partial charge on any atom is 0.251 e. The van der Waals surface area contributed by atoms with E-state index < -0.39 is 0 Å². The van der Waals surface area contributed by atoms with Gasteiger partial charge in [-0.2, -0.15) is 0 Å². The molecule has 0 unspecified atom stereocenters. The van der Waals surface area contributed by atoms with Crippen molar-refractivity contribution in [2.75, 3.05) is 33.3 Å². The lowest BCUT2D eigenvalue weighted by atomic mass is 9.88. The number of nitrogens with one attached hydrogen (secondary N) is 2. The number of allylic oxidation sites excluding steroid dienone is 4. The van der Waals surface area contributed by atoms with Crippen LogP contribution >= 0.6 is 15.9 Å². The van der Waals surface area contributed by atoms with Gasteiger partial charge in [0.2, 0.25) is 0 Å². The number of carbonyl (C=O) groups excluding carboxylic acids is 1. The Bertz CT molecular complexity index is 1210. The highest BCUT2D eigenvalue weighted by molar-refractivity contribution is 9.12. The molecule has 2 aliphatic rings. The fourth-order valence-electron chi connectivity index (χ4n) is 5.17. The van der Waals surface area contributed by atoms with Gasteiger partial charge in [0, 0.05) is 41.0 Å². The Morgan fingerprint density at radius 2 is 1.89 bits per heavy atom. The van der Waals surface area contributed by atoms with E-state index in [1.165, 1.54) is 26.9 Å². The normalized spacial score (nSPS) is 17.3. The predicted molar refractivity (Wildman–Crippen MR) is 155 cm³/mol. The molecule has 2 aliphatic heterocycles. The van der Waals surface area contributed by atoms with E-state index >= 15 is 0 Å². The van der Waals surface area contributed by atoms with Gasteiger partial charge in [0.15, 0.2) is 0 Å². The molecule has 0 atom stereocenters. The number of likely N-dealkylation sites (tertiary alicyclic amines) is 1. The maximum atomic E-state index is 12.7. The van der Waals surface area contributed by atoms with Crippen LogP contribution in [0.3, 0.4) is 0 Å². The molecule has 0 spiro atoms. The maximum absolute atomic E-state index is 12.7. The standard InChI is InChI=1S/C31H38BrN3O2/c1-21(17-28-23(3)33-14-11-29(28)32)20-35-15-12-26(13-16-35)25-6-8-27(9-7-25)31(36)34-19-24-5-10-30(37-4)22(2)18-24/h5-11,17-18,26,33H,12-16,19-20H2,1-4H3,(H,34,36)/b21-17+. The zero-order chi connectivity index (χ0) is 26.4. The number of rotatable bonds is 8. The van der Waals surface area contributed by atoms with E-state index in [1.54, 1.807) is 7.11 Å². The molecule has 0 aliphatic carbocycles. The average Bonchev–Trinajstić information content (AvgIpc) is 2.90. The lowest BCUT2D eigenvalue weighted by Gasteiger charge is -2.32. The number of hydrogen-bond acceptors (Lipinski definition) is 4. The van der Waals surface area contributed by atoms with Gasteiger partial charge in [-0.1, -0.05) is 57.9 Å². The van der Waals surface area contributed by atoms with Crippen LogP contribution in [0.1, 0.15) is 59.7 Å². The molecule has 1 fully saturated rings. The summed E-state index contributed by atoms with van der Waals surface area (Å²) in [5, 5.41) is 6.44. The number of dihydropyridines is 1. The Morgan fingerprint density at radius 3 is 2.54 bits per heavy atom. The molecule has 1 saturated heterocycles. The van der Waals surface area contributed by atoms with Gasteiger partial charge in [0.1, 0.15) is 5.75 Å². The number of carbonyl (C=O) groups is 1. The first-order valence-corrected chi connectivity index (χ1v) is 13.9. The summed E-state index contributed by atoms with van der Waals surface area (Å²) in [6, 6.07) is 14.2. The molecule has 0 radical (unpaired) electrons. The molecule has 2 aromatic carbocycles. The van der Waals surface area contributed by atoms with Gasteiger partial charge in [-0.3, -0.25) is 9.69 Å².